The van der Waals surface area contributed by atoms with Gasteiger partial charge in [0.25, 0.3) is 0 Å². The van der Waals surface area contributed by atoms with Crippen LogP contribution in [0.25, 0.3) is 11.4 Å². The van der Waals surface area contributed by atoms with Crippen LogP contribution in [-0.4, -0.2) is 43.9 Å². The highest BCUT2D eigenvalue weighted by molar-refractivity contribution is 6.30. The van der Waals surface area contributed by atoms with E-state index >= 15 is 0 Å². The molecule has 2 aromatic heterocycles. The molecule has 4 rings (SSSR count). The smallest absolute Gasteiger partial charge is 0.160 e. The number of nitrogens with one attached hydrogen (secondary N) is 1. The summed E-state index contributed by atoms with van der Waals surface area (Å²) < 4.78 is 0. The van der Waals surface area contributed by atoms with Gasteiger partial charge in [0.05, 0.1) is 6.10 Å². The average Bonchev–Trinajstić information content (AvgIpc) is 3.07. The van der Waals surface area contributed by atoms with Gasteiger partial charge < -0.3 is 15.5 Å². The molecular weight excluding hydrogens is 400 g/mol. The monoisotopic (exact) mass is 424 g/mol. The third-order valence-electron chi connectivity index (χ3n) is 5.80. The quantitative estimate of drug-likeness (QED) is 0.540. The second kappa shape index (κ2) is 9.62. The SMILES string of the molecule is OCC1C(O)CC(NCc2cccc(Cl)c2)C1Cc1ccnc(-c2cccnc2)n1. The lowest BCUT2D eigenvalue weighted by atomic mass is 9.88. The van der Waals surface area contributed by atoms with E-state index in [4.69, 9.17) is 16.6 Å². The van der Waals surface area contributed by atoms with Crippen LogP contribution in [-0.2, 0) is 13.0 Å². The third-order valence-corrected chi connectivity index (χ3v) is 6.04. The van der Waals surface area contributed by atoms with E-state index in [9.17, 15) is 10.2 Å². The van der Waals surface area contributed by atoms with Gasteiger partial charge in [-0.1, -0.05) is 23.7 Å². The molecular formula is C23H25ClN4O2. The minimum Gasteiger partial charge on any atom is -0.396 e. The molecule has 30 heavy (non-hydrogen) atoms. The Kier molecular flexibility index (Phi) is 6.69. The number of rotatable bonds is 7. The minimum atomic E-state index is -0.545. The Morgan fingerprint density at radius 2 is 2.00 bits per heavy atom. The van der Waals surface area contributed by atoms with Crippen LogP contribution in [0.1, 0.15) is 17.7 Å². The molecule has 1 aromatic carbocycles. The molecule has 156 valence electrons. The van der Waals surface area contributed by atoms with Crippen molar-refractivity contribution in [2.45, 2.75) is 31.5 Å². The second-order valence-electron chi connectivity index (χ2n) is 7.75. The summed E-state index contributed by atoms with van der Waals surface area (Å²) in [6.45, 7) is 0.596. The number of aromatic nitrogens is 3. The normalized spacial score (nSPS) is 23.6. The Hall–Kier alpha value is -2.38. The highest BCUT2D eigenvalue weighted by atomic mass is 35.5. The van der Waals surface area contributed by atoms with Crippen LogP contribution in [0, 0.1) is 11.8 Å². The summed E-state index contributed by atoms with van der Waals surface area (Å²) in [6.07, 6.45) is 5.90. The highest BCUT2D eigenvalue weighted by Gasteiger charge is 2.42. The van der Waals surface area contributed by atoms with Crippen LogP contribution in [0.2, 0.25) is 5.02 Å². The van der Waals surface area contributed by atoms with Crippen molar-refractivity contribution in [1.29, 1.82) is 0 Å². The lowest BCUT2D eigenvalue weighted by molar-refractivity contribution is 0.0716. The highest BCUT2D eigenvalue weighted by Crippen LogP contribution is 2.35. The number of aliphatic hydroxyl groups is 2. The molecule has 7 heteroatoms. The van der Waals surface area contributed by atoms with Crippen molar-refractivity contribution in [2.24, 2.45) is 11.8 Å². The molecule has 2 heterocycles. The summed E-state index contributed by atoms with van der Waals surface area (Å²) in [7, 11) is 0. The van der Waals surface area contributed by atoms with Crippen molar-refractivity contribution in [3.05, 3.63) is 77.3 Å². The van der Waals surface area contributed by atoms with E-state index in [1.807, 2.05) is 42.5 Å². The summed E-state index contributed by atoms with van der Waals surface area (Å²) in [5, 5.41) is 24.7. The fourth-order valence-electron chi connectivity index (χ4n) is 4.26. The number of nitrogens with zero attached hydrogens (tertiary/aromatic N) is 3. The van der Waals surface area contributed by atoms with Crippen molar-refractivity contribution in [3.8, 4) is 11.4 Å². The number of halogens is 1. The molecule has 1 fully saturated rings. The van der Waals surface area contributed by atoms with E-state index in [0.29, 0.717) is 30.2 Å². The topological polar surface area (TPSA) is 91.2 Å². The Balaban J connectivity index is 1.51. The number of hydrogen-bond donors (Lipinski definition) is 3. The van der Waals surface area contributed by atoms with Gasteiger partial charge in [0.2, 0.25) is 0 Å². The molecule has 1 aliphatic carbocycles. The van der Waals surface area contributed by atoms with Gasteiger partial charge >= 0.3 is 0 Å². The van der Waals surface area contributed by atoms with Crippen LogP contribution >= 0.6 is 11.6 Å². The van der Waals surface area contributed by atoms with Gasteiger partial charge in [-0.2, -0.15) is 0 Å². The van der Waals surface area contributed by atoms with Crippen LogP contribution in [0.4, 0.5) is 0 Å². The van der Waals surface area contributed by atoms with Crippen molar-refractivity contribution >= 4 is 11.6 Å². The first kappa shape index (κ1) is 20.9. The fraction of sp³-hybridized carbons (Fsp3) is 0.348. The summed E-state index contributed by atoms with van der Waals surface area (Å²) in [6, 6.07) is 13.5. The van der Waals surface area contributed by atoms with Gasteiger partial charge in [-0.15, -0.1) is 0 Å². The van der Waals surface area contributed by atoms with Gasteiger partial charge in [-0.05, 0) is 54.7 Å². The summed E-state index contributed by atoms with van der Waals surface area (Å²) >= 11 is 6.09. The Labute approximate surface area is 181 Å². The van der Waals surface area contributed by atoms with Crippen molar-refractivity contribution in [1.82, 2.24) is 20.3 Å². The molecule has 0 spiro atoms. The number of benzene rings is 1. The van der Waals surface area contributed by atoms with E-state index in [-0.39, 0.29) is 24.5 Å². The zero-order valence-corrected chi connectivity index (χ0v) is 17.3. The Morgan fingerprint density at radius 1 is 1.10 bits per heavy atom. The summed E-state index contributed by atoms with van der Waals surface area (Å²) in [5.74, 6) is 0.489. The van der Waals surface area contributed by atoms with Crippen molar-refractivity contribution < 1.29 is 10.2 Å². The second-order valence-corrected chi connectivity index (χ2v) is 8.18. The lowest BCUT2D eigenvalue weighted by Gasteiger charge is -2.25. The molecule has 4 atom stereocenters. The molecule has 1 aliphatic rings. The first-order valence-electron chi connectivity index (χ1n) is 10.1. The van der Waals surface area contributed by atoms with Gasteiger partial charge in [0.1, 0.15) is 0 Å². The maximum absolute atomic E-state index is 10.5. The molecule has 0 radical (unpaired) electrons. The molecule has 1 saturated carbocycles. The van der Waals surface area contributed by atoms with E-state index in [0.717, 1.165) is 16.8 Å². The average molecular weight is 425 g/mol. The first-order chi connectivity index (χ1) is 14.6. The number of hydrogen-bond acceptors (Lipinski definition) is 6. The fourth-order valence-corrected chi connectivity index (χ4v) is 4.47. The molecule has 0 amide bonds. The van der Waals surface area contributed by atoms with E-state index < -0.39 is 6.10 Å². The first-order valence-corrected chi connectivity index (χ1v) is 10.5. The number of aliphatic hydroxyl groups excluding tert-OH is 2. The zero-order valence-electron chi connectivity index (χ0n) is 16.5. The van der Waals surface area contributed by atoms with Crippen LogP contribution in [0.5, 0.6) is 0 Å². The maximum Gasteiger partial charge on any atom is 0.160 e. The van der Waals surface area contributed by atoms with E-state index in [1.54, 1.807) is 18.6 Å². The summed E-state index contributed by atoms with van der Waals surface area (Å²) in [4.78, 5) is 13.2. The standard InChI is InChI=1S/C23H25ClN4O2/c24-17-5-1-3-15(9-17)12-27-21-11-22(30)20(14-29)19(21)10-18-6-8-26-23(28-18)16-4-2-7-25-13-16/h1-9,13,19-22,27,29-30H,10-12,14H2. The summed E-state index contributed by atoms with van der Waals surface area (Å²) in [5.41, 5.74) is 2.83. The molecule has 3 N–H and O–H groups in total. The minimum absolute atomic E-state index is 0.0538. The predicted molar refractivity (Wildman–Crippen MR) is 116 cm³/mol. The molecule has 0 bridgehead atoms. The Morgan fingerprint density at radius 3 is 2.77 bits per heavy atom. The van der Waals surface area contributed by atoms with Crippen molar-refractivity contribution in [3.63, 3.8) is 0 Å². The molecule has 6 nitrogen and oxygen atoms in total. The van der Waals surface area contributed by atoms with Crippen LogP contribution in [0.3, 0.4) is 0 Å². The molecule has 0 aliphatic heterocycles. The van der Waals surface area contributed by atoms with Gasteiger partial charge in [0, 0.05) is 60.0 Å². The van der Waals surface area contributed by atoms with Crippen LogP contribution in [0.15, 0.2) is 61.1 Å². The van der Waals surface area contributed by atoms with E-state index in [2.05, 4.69) is 15.3 Å². The van der Waals surface area contributed by atoms with Crippen LogP contribution < -0.4 is 5.32 Å². The molecule has 0 saturated heterocycles. The Bertz CT molecular complexity index is 972. The van der Waals surface area contributed by atoms with Gasteiger partial charge in [-0.25, -0.2) is 9.97 Å². The predicted octanol–water partition coefficient (Wildman–Crippen LogP) is 2.88. The number of pyridine rings is 1. The van der Waals surface area contributed by atoms with Gasteiger partial charge in [-0.3, -0.25) is 4.98 Å². The largest absolute Gasteiger partial charge is 0.396 e. The lowest BCUT2D eigenvalue weighted by Crippen LogP contribution is -2.36. The van der Waals surface area contributed by atoms with Crippen molar-refractivity contribution in [2.75, 3.05) is 6.61 Å². The maximum atomic E-state index is 10.5. The molecule has 3 aromatic rings. The zero-order chi connectivity index (χ0) is 20.9. The van der Waals surface area contributed by atoms with Gasteiger partial charge in [0.15, 0.2) is 5.82 Å². The van der Waals surface area contributed by atoms with E-state index in [1.165, 1.54) is 0 Å². The third kappa shape index (κ3) is 4.84. The molecule has 4 unspecified atom stereocenters.